The predicted octanol–water partition coefficient (Wildman–Crippen LogP) is 3.93. The number of anilines is 1. The maximum absolute atomic E-state index is 12.7. The highest BCUT2D eigenvalue weighted by Gasteiger charge is 2.33. The van der Waals surface area contributed by atoms with E-state index in [0.29, 0.717) is 17.9 Å². The van der Waals surface area contributed by atoms with Gasteiger partial charge in [-0.2, -0.15) is 13.2 Å². The molecule has 0 radical (unpaired) electrons. The van der Waals surface area contributed by atoms with Gasteiger partial charge in [-0.3, -0.25) is 0 Å². The molecule has 0 aliphatic carbocycles. The van der Waals surface area contributed by atoms with Crippen LogP contribution in [0.1, 0.15) is 11.3 Å². The van der Waals surface area contributed by atoms with Crippen molar-refractivity contribution in [2.45, 2.75) is 12.7 Å². The minimum absolute atomic E-state index is 0.0240. The van der Waals surface area contributed by atoms with Crippen LogP contribution >= 0.6 is 27.5 Å². The van der Waals surface area contributed by atoms with Crippen LogP contribution < -0.4 is 5.32 Å². The van der Waals surface area contributed by atoms with Crippen LogP contribution in [0.15, 0.2) is 28.1 Å². The van der Waals surface area contributed by atoms with Crippen molar-refractivity contribution in [3.8, 4) is 0 Å². The van der Waals surface area contributed by atoms with Gasteiger partial charge in [0, 0.05) is 15.5 Å². The quantitative estimate of drug-likeness (QED) is 0.921. The zero-order chi connectivity index (χ0) is 13.2. The Labute approximate surface area is 113 Å². The van der Waals surface area contributed by atoms with E-state index in [2.05, 4.69) is 30.8 Å². The summed E-state index contributed by atoms with van der Waals surface area (Å²) in [5.74, 6) is 0. The fraction of sp³-hybridized carbons (Fsp3) is 0.200. The van der Waals surface area contributed by atoms with Crippen LogP contribution in [0.4, 0.5) is 18.9 Å². The van der Waals surface area contributed by atoms with Gasteiger partial charge in [0.2, 0.25) is 0 Å². The van der Waals surface area contributed by atoms with E-state index < -0.39 is 11.7 Å². The van der Waals surface area contributed by atoms with Gasteiger partial charge in [0.25, 0.3) is 0 Å². The van der Waals surface area contributed by atoms with Gasteiger partial charge in [0.1, 0.15) is 0 Å². The van der Waals surface area contributed by atoms with E-state index >= 15 is 0 Å². The summed E-state index contributed by atoms with van der Waals surface area (Å²) in [6.45, 7) is 0.343. The lowest BCUT2D eigenvalue weighted by Gasteiger charge is -2.11. The minimum atomic E-state index is -4.38. The van der Waals surface area contributed by atoms with Crippen LogP contribution in [0.25, 0.3) is 0 Å². The van der Waals surface area contributed by atoms with Crippen molar-refractivity contribution in [1.29, 1.82) is 0 Å². The summed E-state index contributed by atoms with van der Waals surface area (Å²) in [6, 6.07) is 3.99. The summed E-state index contributed by atoms with van der Waals surface area (Å²) in [5.41, 5.74) is 0.374. The first kappa shape index (κ1) is 13.3. The number of hydrogen-bond acceptors (Lipinski definition) is 4. The SMILES string of the molecule is FC(F)(F)c1cc(NCc2csnn2)ccc1Br. The third-order valence-electron chi connectivity index (χ3n) is 2.15. The first-order chi connectivity index (χ1) is 8.47. The molecule has 1 N–H and O–H groups in total. The Kier molecular flexibility index (Phi) is 3.86. The summed E-state index contributed by atoms with van der Waals surface area (Å²) in [6.07, 6.45) is -4.38. The topological polar surface area (TPSA) is 37.8 Å². The molecule has 1 aromatic heterocycles. The van der Waals surface area contributed by atoms with E-state index in [1.807, 2.05) is 0 Å². The standard InChI is InChI=1S/C10H7BrF3N3S/c11-9-2-1-6(3-8(9)10(12,13)14)15-4-7-5-18-17-16-7/h1-3,5,15H,4H2. The number of nitrogens with zero attached hydrogens (tertiary/aromatic N) is 2. The second-order valence-electron chi connectivity index (χ2n) is 3.44. The van der Waals surface area contributed by atoms with Crippen LogP contribution in [0.5, 0.6) is 0 Å². The van der Waals surface area contributed by atoms with Gasteiger partial charge in [0.15, 0.2) is 0 Å². The summed E-state index contributed by atoms with van der Waals surface area (Å²) in [7, 11) is 0. The number of hydrogen-bond donors (Lipinski definition) is 1. The highest BCUT2D eigenvalue weighted by molar-refractivity contribution is 9.10. The molecule has 0 fully saturated rings. The van der Waals surface area contributed by atoms with Crippen molar-refractivity contribution in [3.05, 3.63) is 39.3 Å². The largest absolute Gasteiger partial charge is 0.417 e. The van der Waals surface area contributed by atoms with Crippen molar-refractivity contribution in [2.75, 3.05) is 5.32 Å². The molecular formula is C10H7BrF3N3S. The molecular weight excluding hydrogens is 331 g/mol. The highest BCUT2D eigenvalue weighted by Crippen LogP contribution is 2.36. The molecule has 2 rings (SSSR count). The molecule has 96 valence electrons. The van der Waals surface area contributed by atoms with Crippen LogP contribution in [-0.2, 0) is 12.7 Å². The summed E-state index contributed by atoms with van der Waals surface area (Å²) < 4.78 is 41.7. The van der Waals surface area contributed by atoms with Gasteiger partial charge >= 0.3 is 6.18 Å². The lowest BCUT2D eigenvalue weighted by atomic mass is 10.2. The van der Waals surface area contributed by atoms with Crippen molar-refractivity contribution < 1.29 is 13.2 Å². The number of halogens is 4. The Balaban J connectivity index is 2.15. The second kappa shape index (κ2) is 5.23. The third kappa shape index (κ3) is 3.20. The van der Waals surface area contributed by atoms with Crippen molar-refractivity contribution in [1.82, 2.24) is 9.59 Å². The molecule has 0 saturated carbocycles. The molecule has 3 nitrogen and oxygen atoms in total. The Hall–Kier alpha value is -1.15. The lowest BCUT2D eigenvalue weighted by Crippen LogP contribution is -2.07. The van der Waals surface area contributed by atoms with Crippen LogP contribution in [0.2, 0.25) is 0 Å². The van der Waals surface area contributed by atoms with E-state index in [-0.39, 0.29) is 4.47 Å². The highest BCUT2D eigenvalue weighted by atomic mass is 79.9. The lowest BCUT2D eigenvalue weighted by molar-refractivity contribution is -0.138. The average molecular weight is 338 g/mol. The van der Waals surface area contributed by atoms with Gasteiger partial charge < -0.3 is 5.32 Å². The average Bonchev–Trinajstić information content (AvgIpc) is 2.79. The molecule has 1 heterocycles. The molecule has 0 bridgehead atoms. The molecule has 0 aliphatic rings. The number of aromatic nitrogens is 2. The molecule has 2 aromatic rings. The normalized spacial score (nSPS) is 11.6. The maximum atomic E-state index is 12.7. The number of nitrogens with one attached hydrogen (secondary N) is 1. The van der Waals surface area contributed by atoms with Crippen LogP contribution in [0, 0.1) is 0 Å². The Morgan fingerprint density at radius 3 is 2.72 bits per heavy atom. The molecule has 0 saturated heterocycles. The molecule has 0 unspecified atom stereocenters. The number of alkyl halides is 3. The minimum Gasteiger partial charge on any atom is -0.379 e. The second-order valence-corrected chi connectivity index (χ2v) is 4.91. The van der Waals surface area contributed by atoms with E-state index in [4.69, 9.17) is 0 Å². The van der Waals surface area contributed by atoms with Gasteiger partial charge in [-0.15, -0.1) is 5.10 Å². The fourth-order valence-electron chi connectivity index (χ4n) is 1.31. The first-order valence-electron chi connectivity index (χ1n) is 4.83. The van der Waals surface area contributed by atoms with Crippen molar-refractivity contribution in [2.24, 2.45) is 0 Å². The zero-order valence-electron chi connectivity index (χ0n) is 8.83. The fourth-order valence-corrected chi connectivity index (χ4v) is 2.23. The maximum Gasteiger partial charge on any atom is 0.417 e. The summed E-state index contributed by atoms with van der Waals surface area (Å²) in [4.78, 5) is 0. The third-order valence-corrected chi connectivity index (χ3v) is 3.40. The van der Waals surface area contributed by atoms with E-state index in [1.54, 1.807) is 11.4 Å². The first-order valence-corrected chi connectivity index (χ1v) is 6.46. The molecule has 1 aromatic carbocycles. The summed E-state index contributed by atoms with van der Waals surface area (Å²) >= 11 is 4.08. The Morgan fingerprint density at radius 2 is 2.11 bits per heavy atom. The number of rotatable bonds is 3. The molecule has 18 heavy (non-hydrogen) atoms. The molecule has 0 aliphatic heterocycles. The van der Waals surface area contributed by atoms with Crippen molar-refractivity contribution in [3.63, 3.8) is 0 Å². The van der Waals surface area contributed by atoms with E-state index in [9.17, 15) is 13.2 Å². The van der Waals surface area contributed by atoms with Gasteiger partial charge in [0.05, 0.1) is 17.8 Å². The monoisotopic (exact) mass is 337 g/mol. The van der Waals surface area contributed by atoms with Gasteiger partial charge in [-0.05, 0) is 29.7 Å². The van der Waals surface area contributed by atoms with E-state index in [1.165, 1.54) is 17.6 Å². The molecule has 0 atom stereocenters. The van der Waals surface area contributed by atoms with Crippen LogP contribution in [0.3, 0.4) is 0 Å². The zero-order valence-corrected chi connectivity index (χ0v) is 11.2. The van der Waals surface area contributed by atoms with E-state index in [0.717, 1.165) is 6.07 Å². The molecule has 0 amide bonds. The Bertz CT molecular complexity index is 528. The summed E-state index contributed by atoms with van der Waals surface area (Å²) in [5, 5.41) is 8.40. The number of benzene rings is 1. The Morgan fingerprint density at radius 1 is 1.33 bits per heavy atom. The van der Waals surface area contributed by atoms with Crippen molar-refractivity contribution >= 4 is 33.1 Å². The molecule has 8 heteroatoms. The molecule has 0 spiro atoms. The predicted molar refractivity (Wildman–Crippen MR) is 66.4 cm³/mol. The van der Waals surface area contributed by atoms with Gasteiger partial charge in [-0.1, -0.05) is 20.4 Å². The van der Waals surface area contributed by atoms with Crippen LogP contribution in [-0.4, -0.2) is 9.59 Å². The van der Waals surface area contributed by atoms with Gasteiger partial charge in [-0.25, -0.2) is 0 Å². The smallest absolute Gasteiger partial charge is 0.379 e.